The van der Waals surface area contributed by atoms with Crippen LogP contribution in [0.5, 0.6) is 5.75 Å². The molecule has 4 rings (SSSR count). The number of piperazine rings is 1. The fourth-order valence-corrected chi connectivity index (χ4v) is 4.23. The van der Waals surface area contributed by atoms with Gasteiger partial charge in [-0.3, -0.25) is 9.80 Å². The lowest BCUT2D eigenvalue weighted by molar-refractivity contribution is -0.139. The molecule has 190 valence electrons. The zero-order chi connectivity index (χ0) is 25.3. The van der Waals surface area contributed by atoms with Crippen LogP contribution in [0.4, 0.5) is 8.78 Å². The predicted octanol–water partition coefficient (Wildman–Crippen LogP) is 4.35. The second-order valence-electron chi connectivity index (χ2n) is 8.80. The molecule has 1 fully saturated rings. The number of carboxylic acid groups (broad SMARTS) is 1. The Kier molecular flexibility index (Phi) is 9.00. The van der Waals surface area contributed by atoms with E-state index in [9.17, 15) is 13.6 Å². The highest BCUT2D eigenvalue weighted by Crippen LogP contribution is 2.26. The van der Waals surface area contributed by atoms with Crippen LogP contribution in [0.25, 0.3) is 0 Å². The molecule has 0 radical (unpaired) electrons. The first-order valence-corrected chi connectivity index (χ1v) is 12.0. The largest absolute Gasteiger partial charge is 0.482 e. The lowest BCUT2D eigenvalue weighted by Gasteiger charge is -2.35. The van der Waals surface area contributed by atoms with E-state index < -0.39 is 12.1 Å². The summed E-state index contributed by atoms with van der Waals surface area (Å²) in [6.45, 7) is 5.43. The van der Waals surface area contributed by atoms with Crippen LogP contribution in [-0.4, -0.2) is 66.8 Å². The van der Waals surface area contributed by atoms with Crippen LogP contribution in [0, 0.1) is 11.6 Å². The number of carbonyl (C=O) groups is 1. The summed E-state index contributed by atoms with van der Waals surface area (Å²) in [6.07, 6.45) is -0.394. The van der Waals surface area contributed by atoms with E-state index in [0.29, 0.717) is 12.4 Å². The number of hydrogen-bond donors (Lipinski definition) is 1. The number of carboxylic acids is 1. The molecule has 0 bridgehead atoms. The van der Waals surface area contributed by atoms with Gasteiger partial charge in [0.25, 0.3) is 0 Å². The molecule has 36 heavy (non-hydrogen) atoms. The molecule has 0 saturated carbocycles. The standard InChI is InChI=1S/C28H30F2N2O4/c29-24-7-3-22(4-8-24)28(23-5-9-25(30)10-6-23)35-18-17-31-13-15-32(16-14-31)19-21-1-11-26(12-2-21)36-20-27(33)34/h1-12,28H,13-20H2,(H,33,34). The van der Waals surface area contributed by atoms with Gasteiger partial charge in [0, 0.05) is 39.3 Å². The van der Waals surface area contributed by atoms with Gasteiger partial charge in [-0.25, -0.2) is 13.6 Å². The maximum absolute atomic E-state index is 13.4. The average molecular weight is 497 g/mol. The molecule has 1 aliphatic heterocycles. The molecule has 1 heterocycles. The van der Waals surface area contributed by atoms with Crippen molar-refractivity contribution >= 4 is 5.97 Å². The third-order valence-corrected chi connectivity index (χ3v) is 6.19. The number of aliphatic carboxylic acids is 1. The summed E-state index contributed by atoms with van der Waals surface area (Å²) in [7, 11) is 0. The highest BCUT2D eigenvalue weighted by atomic mass is 19.1. The van der Waals surface area contributed by atoms with Gasteiger partial charge in [0.2, 0.25) is 0 Å². The molecule has 8 heteroatoms. The number of hydrogen-bond acceptors (Lipinski definition) is 5. The van der Waals surface area contributed by atoms with E-state index in [2.05, 4.69) is 9.80 Å². The normalized spacial score (nSPS) is 14.8. The van der Waals surface area contributed by atoms with Crippen molar-refractivity contribution in [2.45, 2.75) is 12.6 Å². The molecular formula is C28H30F2N2O4. The Morgan fingerprint density at radius 3 is 1.86 bits per heavy atom. The summed E-state index contributed by atoms with van der Waals surface area (Å²) in [6, 6.07) is 20.0. The van der Waals surface area contributed by atoms with Crippen molar-refractivity contribution in [3.8, 4) is 5.75 Å². The summed E-state index contributed by atoms with van der Waals surface area (Å²) in [5, 5.41) is 8.70. The Bertz CT molecular complexity index is 1050. The topological polar surface area (TPSA) is 62.2 Å². The predicted molar refractivity (Wildman–Crippen MR) is 132 cm³/mol. The van der Waals surface area contributed by atoms with Gasteiger partial charge >= 0.3 is 5.97 Å². The Hall–Kier alpha value is -3.33. The molecule has 0 amide bonds. The minimum Gasteiger partial charge on any atom is -0.482 e. The summed E-state index contributed by atoms with van der Waals surface area (Å²) in [4.78, 5) is 15.3. The number of ether oxygens (including phenoxy) is 2. The lowest BCUT2D eigenvalue weighted by Crippen LogP contribution is -2.46. The molecule has 3 aromatic carbocycles. The summed E-state index contributed by atoms with van der Waals surface area (Å²) < 4.78 is 38.2. The molecule has 3 aromatic rings. The highest BCUT2D eigenvalue weighted by molar-refractivity contribution is 5.68. The van der Waals surface area contributed by atoms with Crippen LogP contribution in [0.2, 0.25) is 0 Å². The summed E-state index contributed by atoms with van der Waals surface area (Å²) in [5.74, 6) is -1.07. The van der Waals surface area contributed by atoms with Crippen molar-refractivity contribution in [3.63, 3.8) is 0 Å². The first kappa shape index (κ1) is 25.8. The quantitative estimate of drug-likeness (QED) is 0.426. The Labute approximate surface area is 209 Å². The van der Waals surface area contributed by atoms with Crippen LogP contribution in [-0.2, 0) is 16.1 Å². The molecule has 1 aliphatic rings. The molecule has 0 unspecified atom stereocenters. The van der Waals surface area contributed by atoms with Crippen molar-refractivity contribution in [2.24, 2.45) is 0 Å². The van der Waals surface area contributed by atoms with E-state index in [0.717, 1.165) is 56.0 Å². The SMILES string of the molecule is O=C(O)COc1ccc(CN2CCN(CCOC(c3ccc(F)cc3)c3ccc(F)cc3)CC2)cc1. The van der Waals surface area contributed by atoms with Crippen molar-refractivity contribution in [3.05, 3.63) is 101 Å². The first-order chi connectivity index (χ1) is 17.5. The van der Waals surface area contributed by atoms with Crippen molar-refractivity contribution in [1.29, 1.82) is 0 Å². The Balaban J connectivity index is 1.24. The minimum atomic E-state index is -0.997. The van der Waals surface area contributed by atoms with E-state index in [1.165, 1.54) is 24.3 Å². The minimum absolute atomic E-state index is 0.308. The maximum Gasteiger partial charge on any atom is 0.341 e. The average Bonchev–Trinajstić information content (AvgIpc) is 2.89. The lowest BCUT2D eigenvalue weighted by atomic mass is 10.0. The van der Waals surface area contributed by atoms with Crippen molar-refractivity contribution in [2.75, 3.05) is 45.9 Å². The zero-order valence-electron chi connectivity index (χ0n) is 20.0. The third kappa shape index (κ3) is 7.58. The molecule has 0 atom stereocenters. The number of benzene rings is 3. The first-order valence-electron chi connectivity index (χ1n) is 12.0. The Morgan fingerprint density at radius 2 is 1.33 bits per heavy atom. The van der Waals surface area contributed by atoms with E-state index in [1.54, 1.807) is 36.4 Å². The van der Waals surface area contributed by atoms with Gasteiger partial charge in [-0.05, 0) is 53.1 Å². The van der Waals surface area contributed by atoms with Gasteiger partial charge in [0.1, 0.15) is 23.5 Å². The molecule has 6 nitrogen and oxygen atoms in total. The van der Waals surface area contributed by atoms with Crippen LogP contribution >= 0.6 is 0 Å². The second-order valence-corrected chi connectivity index (χ2v) is 8.80. The van der Waals surface area contributed by atoms with E-state index in [-0.39, 0.29) is 18.2 Å². The van der Waals surface area contributed by atoms with Gasteiger partial charge in [-0.15, -0.1) is 0 Å². The maximum atomic E-state index is 13.4. The van der Waals surface area contributed by atoms with Crippen molar-refractivity contribution in [1.82, 2.24) is 9.80 Å². The van der Waals surface area contributed by atoms with E-state index in [4.69, 9.17) is 14.6 Å². The van der Waals surface area contributed by atoms with E-state index in [1.807, 2.05) is 12.1 Å². The van der Waals surface area contributed by atoms with Gasteiger partial charge in [0.05, 0.1) is 6.61 Å². The van der Waals surface area contributed by atoms with Crippen LogP contribution < -0.4 is 4.74 Å². The third-order valence-electron chi connectivity index (χ3n) is 6.19. The van der Waals surface area contributed by atoms with Gasteiger partial charge < -0.3 is 14.6 Å². The van der Waals surface area contributed by atoms with Gasteiger partial charge in [-0.1, -0.05) is 36.4 Å². The smallest absolute Gasteiger partial charge is 0.341 e. The monoisotopic (exact) mass is 496 g/mol. The number of rotatable bonds is 11. The molecule has 0 aliphatic carbocycles. The van der Waals surface area contributed by atoms with Gasteiger partial charge in [0.15, 0.2) is 6.61 Å². The Morgan fingerprint density at radius 1 is 0.806 bits per heavy atom. The second kappa shape index (κ2) is 12.6. The van der Waals surface area contributed by atoms with E-state index >= 15 is 0 Å². The highest BCUT2D eigenvalue weighted by Gasteiger charge is 2.19. The summed E-state index contributed by atoms with van der Waals surface area (Å²) in [5.41, 5.74) is 2.80. The molecule has 1 N–H and O–H groups in total. The fourth-order valence-electron chi connectivity index (χ4n) is 4.23. The molecular weight excluding hydrogens is 466 g/mol. The van der Waals surface area contributed by atoms with Crippen LogP contribution in [0.3, 0.4) is 0 Å². The van der Waals surface area contributed by atoms with Crippen molar-refractivity contribution < 1.29 is 28.2 Å². The molecule has 0 aromatic heterocycles. The molecule has 1 saturated heterocycles. The van der Waals surface area contributed by atoms with Crippen LogP contribution in [0.1, 0.15) is 22.8 Å². The summed E-state index contributed by atoms with van der Waals surface area (Å²) >= 11 is 0. The number of halogens is 2. The zero-order valence-corrected chi connectivity index (χ0v) is 20.0. The van der Waals surface area contributed by atoms with Gasteiger partial charge in [-0.2, -0.15) is 0 Å². The van der Waals surface area contributed by atoms with Crippen LogP contribution in [0.15, 0.2) is 72.8 Å². The number of nitrogens with zero attached hydrogens (tertiary/aromatic N) is 2. The molecule has 0 spiro atoms. The fraction of sp³-hybridized carbons (Fsp3) is 0.321.